The minimum Gasteiger partial charge on any atom is -0.383 e. The van der Waals surface area contributed by atoms with Crippen LogP contribution in [0.2, 0.25) is 0 Å². The van der Waals surface area contributed by atoms with Gasteiger partial charge in [0.1, 0.15) is 0 Å². The summed E-state index contributed by atoms with van der Waals surface area (Å²) in [5.41, 5.74) is 0.383. The van der Waals surface area contributed by atoms with E-state index in [1.54, 1.807) is 0 Å². The number of hydrogen-bond acceptors (Lipinski definition) is 4. The Hall–Kier alpha value is -1.11. The molecule has 7 heteroatoms. The number of ether oxygens (including phenoxy) is 1. The van der Waals surface area contributed by atoms with Crippen LogP contribution in [-0.2, 0) is 14.6 Å². The van der Waals surface area contributed by atoms with Crippen LogP contribution in [0.4, 0.5) is 0 Å². The van der Waals surface area contributed by atoms with E-state index in [-0.39, 0.29) is 22.7 Å². The Morgan fingerprint density at radius 3 is 2.42 bits per heavy atom. The molecule has 1 aromatic carbocycles. The lowest BCUT2D eigenvalue weighted by molar-refractivity contribution is 0.0949. The molecule has 0 bridgehead atoms. The molecule has 1 atom stereocenters. The number of carbonyl (C=O) groups is 1. The molecule has 0 saturated heterocycles. The van der Waals surface area contributed by atoms with Crippen molar-refractivity contribution in [1.29, 1.82) is 0 Å². The fourth-order valence-electron chi connectivity index (χ4n) is 1.40. The molecule has 0 aromatic heterocycles. The number of sulfone groups is 1. The first kappa shape index (κ1) is 15.9. The second-order valence-corrected chi connectivity index (χ2v) is 6.69. The zero-order chi connectivity index (χ0) is 14.5. The van der Waals surface area contributed by atoms with Crippen molar-refractivity contribution in [2.45, 2.75) is 10.3 Å². The highest BCUT2D eigenvalue weighted by atomic mass is 35.5. The van der Waals surface area contributed by atoms with Gasteiger partial charge in [0.05, 0.1) is 16.9 Å². The number of alkyl halides is 1. The van der Waals surface area contributed by atoms with E-state index in [0.717, 1.165) is 6.26 Å². The van der Waals surface area contributed by atoms with Gasteiger partial charge in [0.25, 0.3) is 5.91 Å². The fourth-order valence-corrected chi connectivity index (χ4v) is 2.23. The topological polar surface area (TPSA) is 72.5 Å². The molecule has 1 aromatic rings. The Labute approximate surface area is 117 Å². The number of hydrogen-bond donors (Lipinski definition) is 1. The van der Waals surface area contributed by atoms with Crippen molar-refractivity contribution in [1.82, 2.24) is 5.32 Å². The first-order chi connectivity index (χ1) is 8.84. The first-order valence-electron chi connectivity index (χ1n) is 5.56. The van der Waals surface area contributed by atoms with Crippen LogP contribution in [0.5, 0.6) is 0 Å². The summed E-state index contributed by atoms with van der Waals surface area (Å²) in [5, 5.41) is 2.34. The molecule has 0 fully saturated rings. The SMILES string of the molecule is COCC(Cl)CNC(=O)c1ccc(S(C)(=O)=O)cc1. The van der Waals surface area contributed by atoms with E-state index in [4.69, 9.17) is 16.3 Å². The van der Waals surface area contributed by atoms with Crippen molar-refractivity contribution in [3.05, 3.63) is 29.8 Å². The fraction of sp³-hybridized carbons (Fsp3) is 0.417. The maximum absolute atomic E-state index is 11.8. The Bertz CT molecular complexity index is 527. The second-order valence-electron chi connectivity index (χ2n) is 4.06. The van der Waals surface area contributed by atoms with Gasteiger partial charge in [-0.15, -0.1) is 11.6 Å². The molecule has 5 nitrogen and oxygen atoms in total. The van der Waals surface area contributed by atoms with Gasteiger partial charge in [-0.2, -0.15) is 0 Å². The minimum absolute atomic E-state index is 0.179. The van der Waals surface area contributed by atoms with Crippen LogP contribution < -0.4 is 5.32 Å². The highest BCUT2D eigenvalue weighted by Crippen LogP contribution is 2.10. The molecular formula is C12H16ClNO4S. The molecule has 0 aliphatic rings. The van der Waals surface area contributed by atoms with Crippen LogP contribution >= 0.6 is 11.6 Å². The van der Waals surface area contributed by atoms with Gasteiger partial charge in [-0.25, -0.2) is 8.42 Å². The van der Waals surface area contributed by atoms with E-state index in [1.165, 1.54) is 31.4 Å². The van der Waals surface area contributed by atoms with Gasteiger partial charge in [-0.1, -0.05) is 0 Å². The average molecular weight is 306 g/mol. The molecule has 0 radical (unpaired) electrons. The van der Waals surface area contributed by atoms with Gasteiger partial charge in [-0.05, 0) is 24.3 Å². The average Bonchev–Trinajstić information content (AvgIpc) is 2.35. The third kappa shape index (κ3) is 5.18. The number of halogens is 1. The number of amides is 1. The molecule has 1 amide bonds. The molecule has 0 aliphatic heterocycles. The van der Waals surface area contributed by atoms with Crippen molar-refractivity contribution < 1.29 is 17.9 Å². The highest BCUT2D eigenvalue weighted by Gasteiger charge is 2.11. The van der Waals surface area contributed by atoms with E-state index < -0.39 is 9.84 Å². The van der Waals surface area contributed by atoms with Gasteiger partial charge >= 0.3 is 0 Å². The molecule has 1 rings (SSSR count). The number of nitrogens with one attached hydrogen (secondary N) is 1. The summed E-state index contributed by atoms with van der Waals surface area (Å²) in [6.07, 6.45) is 1.12. The standard InChI is InChI=1S/C12H16ClNO4S/c1-18-8-10(13)7-14-12(15)9-3-5-11(6-4-9)19(2,16)17/h3-6,10H,7-8H2,1-2H3,(H,14,15). The van der Waals surface area contributed by atoms with Gasteiger partial charge in [0.15, 0.2) is 9.84 Å². The third-order valence-electron chi connectivity index (χ3n) is 2.38. The van der Waals surface area contributed by atoms with Gasteiger partial charge in [-0.3, -0.25) is 4.79 Å². The normalized spacial score (nSPS) is 13.0. The van der Waals surface area contributed by atoms with Crippen molar-refractivity contribution in [3.8, 4) is 0 Å². The summed E-state index contributed by atoms with van der Waals surface area (Å²) in [7, 11) is -1.72. The molecule has 19 heavy (non-hydrogen) atoms. The summed E-state index contributed by atoms with van der Waals surface area (Å²) in [6, 6.07) is 5.73. The molecular weight excluding hydrogens is 290 g/mol. The van der Waals surface area contributed by atoms with E-state index in [9.17, 15) is 13.2 Å². The van der Waals surface area contributed by atoms with Crippen LogP contribution in [0.3, 0.4) is 0 Å². The van der Waals surface area contributed by atoms with Crippen LogP contribution in [0, 0.1) is 0 Å². The quantitative estimate of drug-likeness (QED) is 0.798. The van der Waals surface area contributed by atoms with E-state index >= 15 is 0 Å². The molecule has 0 spiro atoms. The van der Waals surface area contributed by atoms with Crippen LogP contribution in [0.25, 0.3) is 0 Å². The van der Waals surface area contributed by atoms with Gasteiger partial charge in [0.2, 0.25) is 0 Å². The Kier molecular flexibility index (Phi) is 5.78. The molecule has 0 aliphatic carbocycles. The minimum atomic E-state index is -3.25. The van der Waals surface area contributed by atoms with Crippen molar-refractivity contribution in [2.24, 2.45) is 0 Å². The van der Waals surface area contributed by atoms with E-state index in [1.807, 2.05) is 0 Å². The smallest absolute Gasteiger partial charge is 0.251 e. The van der Waals surface area contributed by atoms with E-state index in [2.05, 4.69) is 5.32 Å². The molecule has 1 N–H and O–H groups in total. The lowest BCUT2D eigenvalue weighted by Gasteiger charge is -2.10. The Morgan fingerprint density at radius 2 is 1.95 bits per heavy atom. The summed E-state index contributed by atoms with van der Waals surface area (Å²) < 4.78 is 27.4. The summed E-state index contributed by atoms with van der Waals surface area (Å²) in [6.45, 7) is 0.622. The van der Waals surface area contributed by atoms with Crippen molar-refractivity contribution >= 4 is 27.3 Å². The molecule has 1 unspecified atom stereocenters. The summed E-state index contributed by atoms with van der Waals surface area (Å²) in [5.74, 6) is -0.304. The lowest BCUT2D eigenvalue weighted by atomic mass is 10.2. The Morgan fingerprint density at radius 1 is 1.37 bits per heavy atom. The maximum Gasteiger partial charge on any atom is 0.251 e. The predicted octanol–water partition coefficient (Wildman–Crippen LogP) is 1.07. The number of benzene rings is 1. The lowest BCUT2D eigenvalue weighted by Crippen LogP contribution is -2.31. The Balaban J connectivity index is 2.64. The van der Waals surface area contributed by atoms with Crippen LogP contribution in [0.1, 0.15) is 10.4 Å². The number of carbonyl (C=O) groups excluding carboxylic acids is 1. The largest absolute Gasteiger partial charge is 0.383 e. The molecule has 106 valence electrons. The third-order valence-corrected chi connectivity index (χ3v) is 3.79. The van der Waals surface area contributed by atoms with Crippen molar-refractivity contribution in [3.63, 3.8) is 0 Å². The van der Waals surface area contributed by atoms with Crippen LogP contribution in [0.15, 0.2) is 29.2 Å². The predicted molar refractivity (Wildman–Crippen MR) is 73.4 cm³/mol. The van der Waals surface area contributed by atoms with E-state index in [0.29, 0.717) is 12.2 Å². The van der Waals surface area contributed by atoms with Gasteiger partial charge in [0, 0.05) is 25.5 Å². The monoisotopic (exact) mass is 305 g/mol. The number of rotatable bonds is 6. The van der Waals surface area contributed by atoms with Crippen LogP contribution in [-0.4, -0.2) is 46.2 Å². The zero-order valence-corrected chi connectivity index (χ0v) is 12.3. The molecule has 0 heterocycles. The molecule has 0 saturated carbocycles. The summed E-state index contributed by atoms with van der Waals surface area (Å²) >= 11 is 5.88. The maximum atomic E-state index is 11.8. The van der Waals surface area contributed by atoms with Crippen molar-refractivity contribution in [2.75, 3.05) is 26.5 Å². The summed E-state index contributed by atoms with van der Waals surface area (Å²) in [4.78, 5) is 11.9. The second kappa shape index (κ2) is 6.88. The first-order valence-corrected chi connectivity index (χ1v) is 7.88. The number of methoxy groups -OCH3 is 1. The van der Waals surface area contributed by atoms with Gasteiger partial charge < -0.3 is 10.1 Å². The zero-order valence-electron chi connectivity index (χ0n) is 10.7. The highest BCUT2D eigenvalue weighted by molar-refractivity contribution is 7.90.